The van der Waals surface area contributed by atoms with Crippen molar-refractivity contribution in [2.45, 2.75) is 6.61 Å². The second-order valence-corrected chi connectivity index (χ2v) is 6.04. The number of esters is 1. The first-order valence-corrected chi connectivity index (χ1v) is 8.59. The molecule has 0 fully saturated rings. The van der Waals surface area contributed by atoms with Gasteiger partial charge in [-0.25, -0.2) is 9.78 Å². The average molecular weight is 384 g/mol. The standard InChI is InChI=1S/C21H18ClNO4/c1-25-17-8-9-19(26-2)15(12-17)7-10-20(24)27-13-16-11-14-5-3-4-6-18(14)23-21(16)22/h3-12H,13H2,1-2H3/b10-7+. The topological polar surface area (TPSA) is 57.7 Å². The highest BCUT2D eigenvalue weighted by molar-refractivity contribution is 6.30. The molecule has 0 aliphatic carbocycles. The average Bonchev–Trinajstić information content (AvgIpc) is 2.70. The van der Waals surface area contributed by atoms with Crippen LogP contribution in [0, 0.1) is 0 Å². The molecular formula is C21H18ClNO4. The van der Waals surface area contributed by atoms with Crippen LogP contribution in [0.2, 0.25) is 5.15 Å². The van der Waals surface area contributed by atoms with Crippen LogP contribution >= 0.6 is 11.6 Å². The lowest BCUT2D eigenvalue weighted by Gasteiger charge is -2.08. The molecule has 0 saturated heterocycles. The number of rotatable bonds is 6. The van der Waals surface area contributed by atoms with Crippen LogP contribution in [-0.2, 0) is 16.1 Å². The minimum Gasteiger partial charge on any atom is -0.497 e. The Morgan fingerprint density at radius 3 is 2.70 bits per heavy atom. The van der Waals surface area contributed by atoms with Crippen LogP contribution in [0.1, 0.15) is 11.1 Å². The van der Waals surface area contributed by atoms with E-state index in [1.165, 1.54) is 6.08 Å². The molecule has 0 saturated carbocycles. The van der Waals surface area contributed by atoms with Gasteiger partial charge in [0.05, 0.1) is 19.7 Å². The van der Waals surface area contributed by atoms with Gasteiger partial charge in [0, 0.05) is 22.6 Å². The number of hydrogen-bond donors (Lipinski definition) is 0. The van der Waals surface area contributed by atoms with Gasteiger partial charge in [-0.3, -0.25) is 0 Å². The van der Waals surface area contributed by atoms with Crippen molar-refractivity contribution in [2.24, 2.45) is 0 Å². The summed E-state index contributed by atoms with van der Waals surface area (Å²) in [6.07, 6.45) is 2.95. The van der Waals surface area contributed by atoms with Gasteiger partial charge >= 0.3 is 5.97 Å². The van der Waals surface area contributed by atoms with Crippen molar-refractivity contribution in [3.05, 3.63) is 70.9 Å². The van der Waals surface area contributed by atoms with Crippen molar-refractivity contribution in [1.29, 1.82) is 0 Å². The Morgan fingerprint density at radius 1 is 1.11 bits per heavy atom. The van der Waals surface area contributed by atoms with Crippen LogP contribution in [0.5, 0.6) is 11.5 Å². The number of benzene rings is 2. The van der Waals surface area contributed by atoms with Crippen molar-refractivity contribution in [2.75, 3.05) is 14.2 Å². The number of ether oxygens (including phenoxy) is 3. The zero-order valence-corrected chi connectivity index (χ0v) is 15.7. The summed E-state index contributed by atoms with van der Waals surface area (Å²) >= 11 is 6.18. The predicted octanol–water partition coefficient (Wildman–Crippen LogP) is 4.66. The molecule has 27 heavy (non-hydrogen) atoms. The van der Waals surface area contributed by atoms with E-state index in [1.54, 1.807) is 38.5 Å². The van der Waals surface area contributed by atoms with Gasteiger partial charge in [-0.2, -0.15) is 0 Å². The third-order valence-corrected chi connectivity index (χ3v) is 4.28. The molecule has 0 aliphatic heterocycles. The summed E-state index contributed by atoms with van der Waals surface area (Å²) < 4.78 is 15.8. The molecule has 1 heterocycles. The van der Waals surface area contributed by atoms with E-state index in [9.17, 15) is 4.79 Å². The summed E-state index contributed by atoms with van der Waals surface area (Å²) in [5.74, 6) is 0.795. The fourth-order valence-corrected chi connectivity index (χ4v) is 2.76. The molecule has 0 atom stereocenters. The second kappa shape index (κ2) is 8.56. The number of fused-ring (bicyclic) bond motifs is 1. The Bertz CT molecular complexity index is 1000. The fourth-order valence-electron chi connectivity index (χ4n) is 2.56. The summed E-state index contributed by atoms with van der Waals surface area (Å²) in [4.78, 5) is 16.4. The highest BCUT2D eigenvalue weighted by Crippen LogP contribution is 2.25. The molecule has 5 nitrogen and oxygen atoms in total. The molecule has 0 unspecified atom stereocenters. The van der Waals surface area contributed by atoms with Crippen LogP contribution < -0.4 is 9.47 Å². The summed E-state index contributed by atoms with van der Waals surface area (Å²) in [6, 6.07) is 14.8. The monoisotopic (exact) mass is 383 g/mol. The molecule has 0 radical (unpaired) electrons. The van der Waals surface area contributed by atoms with Gasteiger partial charge in [-0.05, 0) is 36.4 Å². The third kappa shape index (κ3) is 4.57. The molecule has 138 valence electrons. The minimum absolute atomic E-state index is 0.0368. The third-order valence-electron chi connectivity index (χ3n) is 3.96. The highest BCUT2D eigenvalue weighted by Gasteiger charge is 2.08. The zero-order chi connectivity index (χ0) is 19.2. The smallest absolute Gasteiger partial charge is 0.331 e. The van der Waals surface area contributed by atoms with E-state index in [2.05, 4.69) is 4.98 Å². The van der Waals surface area contributed by atoms with E-state index in [4.69, 9.17) is 25.8 Å². The van der Waals surface area contributed by atoms with E-state index < -0.39 is 5.97 Å². The summed E-state index contributed by atoms with van der Waals surface area (Å²) in [7, 11) is 3.14. The van der Waals surface area contributed by atoms with Gasteiger partial charge in [-0.1, -0.05) is 29.8 Å². The lowest BCUT2D eigenvalue weighted by molar-refractivity contribution is -0.138. The van der Waals surface area contributed by atoms with Gasteiger partial charge < -0.3 is 14.2 Å². The maximum Gasteiger partial charge on any atom is 0.331 e. The molecule has 3 rings (SSSR count). The number of para-hydroxylation sites is 1. The SMILES string of the molecule is COc1ccc(OC)c(/C=C/C(=O)OCc2cc3ccccc3nc2Cl)c1. The van der Waals surface area contributed by atoms with Gasteiger partial charge in [0.2, 0.25) is 0 Å². The zero-order valence-electron chi connectivity index (χ0n) is 14.9. The van der Waals surface area contributed by atoms with Crippen molar-refractivity contribution in [3.8, 4) is 11.5 Å². The normalized spacial score (nSPS) is 10.9. The van der Waals surface area contributed by atoms with Gasteiger partial charge in [0.15, 0.2) is 0 Å². The van der Waals surface area contributed by atoms with Crippen LogP contribution in [0.3, 0.4) is 0 Å². The van der Waals surface area contributed by atoms with Gasteiger partial charge in [0.1, 0.15) is 23.3 Å². The first kappa shape index (κ1) is 18.7. The summed E-state index contributed by atoms with van der Waals surface area (Å²) in [5, 5.41) is 1.25. The Balaban J connectivity index is 1.70. The van der Waals surface area contributed by atoms with Gasteiger partial charge in [0.25, 0.3) is 0 Å². The van der Waals surface area contributed by atoms with E-state index in [1.807, 2.05) is 30.3 Å². The van der Waals surface area contributed by atoms with E-state index in [-0.39, 0.29) is 6.61 Å². The summed E-state index contributed by atoms with van der Waals surface area (Å²) in [6.45, 7) is 0.0368. The van der Waals surface area contributed by atoms with Gasteiger partial charge in [-0.15, -0.1) is 0 Å². The fraction of sp³-hybridized carbons (Fsp3) is 0.143. The van der Waals surface area contributed by atoms with Crippen LogP contribution in [0.4, 0.5) is 0 Å². The molecule has 2 aromatic carbocycles. The van der Waals surface area contributed by atoms with E-state index >= 15 is 0 Å². The number of halogens is 1. The lowest BCUT2D eigenvalue weighted by atomic mass is 10.1. The van der Waals surface area contributed by atoms with Crippen LogP contribution in [0.15, 0.2) is 54.6 Å². The highest BCUT2D eigenvalue weighted by atomic mass is 35.5. The number of aromatic nitrogens is 1. The Labute approximate surface area is 162 Å². The van der Waals surface area contributed by atoms with Crippen LogP contribution in [0.25, 0.3) is 17.0 Å². The number of pyridine rings is 1. The number of carbonyl (C=O) groups excluding carboxylic acids is 1. The van der Waals surface area contributed by atoms with E-state index in [0.29, 0.717) is 27.8 Å². The first-order chi connectivity index (χ1) is 13.1. The lowest BCUT2D eigenvalue weighted by Crippen LogP contribution is -2.02. The van der Waals surface area contributed by atoms with Crippen LogP contribution in [-0.4, -0.2) is 25.2 Å². The minimum atomic E-state index is -0.496. The Hall–Kier alpha value is -3.05. The van der Waals surface area contributed by atoms with Crippen molar-refractivity contribution < 1.29 is 19.0 Å². The number of carbonyl (C=O) groups is 1. The molecule has 0 spiro atoms. The number of nitrogens with zero attached hydrogens (tertiary/aromatic N) is 1. The molecular weight excluding hydrogens is 366 g/mol. The first-order valence-electron chi connectivity index (χ1n) is 8.21. The molecule has 1 aromatic heterocycles. The van der Waals surface area contributed by atoms with E-state index in [0.717, 1.165) is 10.9 Å². The number of hydrogen-bond acceptors (Lipinski definition) is 5. The van der Waals surface area contributed by atoms with Crippen molar-refractivity contribution in [1.82, 2.24) is 4.98 Å². The maximum absolute atomic E-state index is 12.1. The maximum atomic E-state index is 12.1. The molecule has 6 heteroatoms. The molecule has 0 aliphatic rings. The predicted molar refractivity (Wildman–Crippen MR) is 105 cm³/mol. The molecule has 0 bridgehead atoms. The molecule has 0 N–H and O–H groups in total. The molecule has 0 amide bonds. The summed E-state index contributed by atoms with van der Waals surface area (Å²) in [5.41, 5.74) is 2.15. The van der Waals surface area contributed by atoms with Crippen molar-refractivity contribution >= 4 is 34.5 Å². The molecule has 3 aromatic rings. The Morgan fingerprint density at radius 2 is 1.93 bits per heavy atom. The van der Waals surface area contributed by atoms with Crippen molar-refractivity contribution in [3.63, 3.8) is 0 Å². The quantitative estimate of drug-likeness (QED) is 0.352. The Kier molecular flexibility index (Phi) is 5.94. The number of methoxy groups -OCH3 is 2. The second-order valence-electron chi connectivity index (χ2n) is 5.68. The largest absolute Gasteiger partial charge is 0.497 e.